The van der Waals surface area contributed by atoms with E-state index >= 15 is 0 Å². The van der Waals surface area contributed by atoms with Crippen molar-refractivity contribution in [3.63, 3.8) is 0 Å². The standard InChI is InChI=1S/C29H34N2O7/c1-8-37-17-18-13-24(34-5)26(25(14-18)35-6)21-10-9-19(20-11-12-30-16-22(20)21)15-23(27(32)36-7)31-28(33)38-29(2,3)4/h9-16H,8,17H2,1-7H3,(H,31,33)/b23-15-. The zero-order chi connectivity index (χ0) is 27.9. The summed E-state index contributed by atoms with van der Waals surface area (Å²) in [5, 5.41) is 4.07. The minimum atomic E-state index is -0.765. The maximum Gasteiger partial charge on any atom is 0.412 e. The number of carbonyl (C=O) groups excluding carboxylic acids is 2. The van der Waals surface area contributed by atoms with Crippen molar-refractivity contribution < 1.29 is 33.3 Å². The van der Waals surface area contributed by atoms with Crippen LogP contribution in [-0.4, -0.2) is 50.6 Å². The molecule has 0 radical (unpaired) electrons. The number of ether oxygens (including phenoxy) is 5. The molecule has 1 amide bonds. The van der Waals surface area contributed by atoms with Crippen molar-refractivity contribution in [3.8, 4) is 22.6 Å². The first-order valence-corrected chi connectivity index (χ1v) is 12.1. The van der Waals surface area contributed by atoms with Gasteiger partial charge in [0.15, 0.2) is 0 Å². The Morgan fingerprint density at radius 2 is 1.68 bits per heavy atom. The summed E-state index contributed by atoms with van der Waals surface area (Å²) < 4.78 is 27.2. The van der Waals surface area contributed by atoms with Gasteiger partial charge in [0.05, 0.1) is 33.5 Å². The molecule has 0 atom stereocenters. The van der Waals surface area contributed by atoms with Crippen molar-refractivity contribution in [1.82, 2.24) is 10.3 Å². The number of amides is 1. The molecule has 38 heavy (non-hydrogen) atoms. The van der Waals surface area contributed by atoms with E-state index in [4.69, 9.17) is 23.7 Å². The molecule has 0 bridgehead atoms. The van der Waals surface area contributed by atoms with Crippen molar-refractivity contribution in [2.45, 2.75) is 39.9 Å². The summed E-state index contributed by atoms with van der Waals surface area (Å²) in [5.74, 6) is 0.527. The maximum atomic E-state index is 12.5. The molecule has 202 valence electrons. The first-order chi connectivity index (χ1) is 18.1. The molecule has 0 unspecified atom stereocenters. The lowest BCUT2D eigenvalue weighted by Crippen LogP contribution is -2.34. The van der Waals surface area contributed by atoms with Crippen molar-refractivity contribution in [2.75, 3.05) is 27.9 Å². The fraction of sp³-hybridized carbons (Fsp3) is 0.345. The molecule has 3 rings (SSSR count). The number of nitrogens with one attached hydrogen (secondary N) is 1. The Labute approximate surface area is 222 Å². The molecule has 0 saturated heterocycles. The van der Waals surface area contributed by atoms with Gasteiger partial charge in [-0.1, -0.05) is 12.1 Å². The molecule has 1 N–H and O–H groups in total. The van der Waals surface area contributed by atoms with Crippen molar-refractivity contribution in [2.24, 2.45) is 0 Å². The summed E-state index contributed by atoms with van der Waals surface area (Å²) in [6, 6.07) is 9.40. The van der Waals surface area contributed by atoms with Crippen LogP contribution in [0.4, 0.5) is 4.79 Å². The highest BCUT2D eigenvalue weighted by atomic mass is 16.6. The number of esters is 1. The molecule has 9 nitrogen and oxygen atoms in total. The van der Waals surface area contributed by atoms with Crippen molar-refractivity contribution >= 4 is 28.9 Å². The van der Waals surface area contributed by atoms with Crippen LogP contribution in [0.5, 0.6) is 11.5 Å². The molecule has 0 fully saturated rings. The number of carbonyl (C=O) groups is 2. The van der Waals surface area contributed by atoms with Crippen LogP contribution in [0.15, 0.2) is 48.4 Å². The second-order valence-electron chi connectivity index (χ2n) is 9.31. The third-order valence-corrected chi connectivity index (χ3v) is 5.50. The molecule has 0 saturated carbocycles. The minimum absolute atomic E-state index is 0.0666. The lowest BCUT2D eigenvalue weighted by Gasteiger charge is -2.20. The minimum Gasteiger partial charge on any atom is -0.496 e. The van der Waals surface area contributed by atoms with Gasteiger partial charge in [0.25, 0.3) is 0 Å². The van der Waals surface area contributed by atoms with Gasteiger partial charge in [0, 0.05) is 24.4 Å². The van der Waals surface area contributed by atoms with Crippen molar-refractivity contribution in [1.29, 1.82) is 0 Å². The summed E-state index contributed by atoms with van der Waals surface area (Å²) in [6.07, 6.45) is 4.16. The van der Waals surface area contributed by atoms with Crippen molar-refractivity contribution in [3.05, 3.63) is 59.5 Å². The van der Waals surface area contributed by atoms with E-state index in [1.807, 2.05) is 37.3 Å². The summed E-state index contributed by atoms with van der Waals surface area (Å²) in [6.45, 7) is 8.16. The molecular weight excluding hydrogens is 488 g/mol. The number of fused-ring (bicyclic) bond motifs is 1. The average Bonchev–Trinajstić information content (AvgIpc) is 2.89. The number of hydrogen-bond acceptors (Lipinski definition) is 8. The number of pyridine rings is 1. The molecule has 0 aliphatic rings. The van der Waals surface area contributed by atoms with E-state index in [-0.39, 0.29) is 5.70 Å². The zero-order valence-electron chi connectivity index (χ0n) is 22.8. The molecule has 0 aliphatic carbocycles. The number of rotatable bonds is 9. The largest absolute Gasteiger partial charge is 0.496 e. The molecule has 0 spiro atoms. The van der Waals surface area contributed by atoms with E-state index in [2.05, 4.69) is 10.3 Å². The number of aromatic nitrogens is 1. The van der Waals surface area contributed by atoms with E-state index in [9.17, 15) is 9.59 Å². The predicted molar refractivity (Wildman–Crippen MR) is 145 cm³/mol. The third-order valence-electron chi connectivity index (χ3n) is 5.50. The second-order valence-corrected chi connectivity index (χ2v) is 9.31. The monoisotopic (exact) mass is 522 g/mol. The highest BCUT2D eigenvalue weighted by Crippen LogP contribution is 2.43. The topological polar surface area (TPSA) is 105 Å². The van der Waals surface area contributed by atoms with Crippen LogP contribution in [-0.2, 0) is 25.6 Å². The van der Waals surface area contributed by atoms with Gasteiger partial charge >= 0.3 is 12.1 Å². The van der Waals surface area contributed by atoms with Gasteiger partial charge in [-0.05, 0) is 74.0 Å². The molecule has 1 heterocycles. The summed E-state index contributed by atoms with van der Waals surface area (Å²) in [7, 11) is 4.45. The third kappa shape index (κ3) is 6.80. The van der Waals surface area contributed by atoms with E-state index in [1.54, 1.807) is 53.5 Å². The molecule has 0 aliphatic heterocycles. The smallest absolute Gasteiger partial charge is 0.412 e. The highest BCUT2D eigenvalue weighted by molar-refractivity contribution is 6.05. The van der Waals surface area contributed by atoms with Gasteiger partial charge in [-0.15, -0.1) is 0 Å². The normalized spacial score (nSPS) is 11.7. The zero-order valence-corrected chi connectivity index (χ0v) is 22.8. The first kappa shape index (κ1) is 28.5. The fourth-order valence-electron chi connectivity index (χ4n) is 3.92. The maximum absolute atomic E-state index is 12.5. The van der Waals surface area contributed by atoms with E-state index in [1.165, 1.54) is 7.11 Å². The number of methoxy groups -OCH3 is 3. The Bertz CT molecular complexity index is 1320. The van der Waals surface area contributed by atoms with Gasteiger partial charge in [-0.2, -0.15) is 0 Å². The lowest BCUT2D eigenvalue weighted by molar-refractivity contribution is -0.136. The van der Waals surface area contributed by atoms with E-state index in [0.29, 0.717) is 30.3 Å². The molecule has 9 heteroatoms. The van der Waals surface area contributed by atoms with Gasteiger partial charge in [0.2, 0.25) is 0 Å². The Morgan fingerprint density at radius 1 is 1.00 bits per heavy atom. The van der Waals surface area contributed by atoms with Gasteiger partial charge in [-0.25, -0.2) is 9.59 Å². The Morgan fingerprint density at radius 3 is 2.26 bits per heavy atom. The van der Waals surface area contributed by atoms with E-state index < -0.39 is 17.7 Å². The fourth-order valence-corrected chi connectivity index (χ4v) is 3.92. The molecule has 1 aromatic heterocycles. The van der Waals surface area contributed by atoms with Crippen LogP contribution in [0, 0.1) is 0 Å². The SMILES string of the molecule is CCOCc1cc(OC)c(-c2ccc(/C=C(\NC(=O)OC(C)(C)C)C(=O)OC)c3ccncc23)c(OC)c1. The van der Waals surface area contributed by atoms with Crippen LogP contribution >= 0.6 is 0 Å². The Balaban J connectivity index is 2.16. The predicted octanol–water partition coefficient (Wildman–Crippen LogP) is 5.49. The van der Waals surface area contributed by atoms with Crippen LogP contribution in [0.3, 0.4) is 0 Å². The van der Waals surface area contributed by atoms with Gasteiger partial charge < -0.3 is 23.7 Å². The van der Waals surface area contributed by atoms with Crippen LogP contribution in [0.2, 0.25) is 0 Å². The lowest BCUT2D eigenvalue weighted by atomic mass is 9.94. The summed E-state index contributed by atoms with van der Waals surface area (Å²) in [4.78, 5) is 29.2. The number of nitrogens with zero attached hydrogens (tertiary/aromatic N) is 1. The molecule has 2 aromatic carbocycles. The number of hydrogen-bond donors (Lipinski definition) is 1. The summed E-state index contributed by atoms with van der Waals surface area (Å²) in [5.41, 5.74) is 2.35. The molecular formula is C29H34N2O7. The first-order valence-electron chi connectivity index (χ1n) is 12.1. The Kier molecular flexibility index (Phi) is 9.30. The van der Waals surface area contributed by atoms with Crippen LogP contribution in [0.1, 0.15) is 38.8 Å². The van der Waals surface area contributed by atoms with Crippen LogP contribution in [0.25, 0.3) is 28.0 Å². The number of benzene rings is 2. The average molecular weight is 523 g/mol. The van der Waals surface area contributed by atoms with Gasteiger partial charge in [0.1, 0.15) is 22.8 Å². The molecule has 3 aromatic rings. The Hall–Kier alpha value is -4.11. The van der Waals surface area contributed by atoms with E-state index in [0.717, 1.165) is 27.5 Å². The van der Waals surface area contributed by atoms with Gasteiger partial charge in [-0.3, -0.25) is 10.3 Å². The number of alkyl carbamates (subject to hydrolysis) is 1. The van der Waals surface area contributed by atoms with Crippen LogP contribution < -0.4 is 14.8 Å². The quantitative estimate of drug-likeness (QED) is 0.290. The second kappa shape index (κ2) is 12.4. The summed E-state index contributed by atoms with van der Waals surface area (Å²) >= 11 is 0. The highest BCUT2D eigenvalue weighted by Gasteiger charge is 2.22.